The van der Waals surface area contributed by atoms with Crippen molar-refractivity contribution in [3.8, 4) is 10.4 Å². The molecule has 1 amide bonds. The molecule has 0 fully saturated rings. The van der Waals surface area contributed by atoms with Gasteiger partial charge in [0, 0.05) is 25.6 Å². The lowest BCUT2D eigenvalue weighted by Gasteiger charge is -2.09. The number of rotatable bonds is 6. The molecule has 0 aliphatic rings. The van der Waals surface area contributed by atoms with E-state index in [4.69, 9.17) is 5.73 Å². The molecule has 0 spiro atoms. The second kappa shape index (κ2) is 7.97. The van der Waals surface area contributed by atoms with Crippen molar-refractivity contribution in [3.05, 3.63) is 66.2 Å². The summed E-state index contributed by atoms with van der Waals surface area (Å²) in [5.74, 6) is -0.428. The number of anilines is 1. The number of sulfonamides is 1. The Morgan fingerprint density at radius 2 is 1.86 bits per heavy atom. The summed E-state index contributed by atoms with van der Waals surface area (Å²) in [6, 6.07) is 8.30. The molecule has 3 aromatic rings. The topological polar surface area (TPSA) is 155 Å². The van der Waals surface area contributed by atoms with E-state index in [-0.39, 0.29) is 17.8 Å². The van der Waals surface area contributed by atoms with Gasteiger partial charge in [0.15, 0.2) is 4.90 Å². The molecule has 0 bridgehead atoms. The van der Waals surface area contributed by atoms with Crippen molar-refractivity contribution in [1.29, 1.82) is 0 Å². The number of nitrogens with one attached hydrogen (secondary N) is 3. The number of aromatic amines is 2. The van der Waals surface area contributed by atoms with Gasteiger partial charge in [0.1, 0.15) is 0 Å². The number of halogens is 1. The van der Waals surface area contributed by atoms with Gasteiger partial charge in [-0.15, -0.1) is 11.3 Å². The number of primary amides is 1. The van der Waals surface area contributed by atoms with E-state index in [1.54, 1.807) is 24.3 Å². The molecular weight excluding hydrogens is 484 g/mol. The van der Waals surface area contributed by atoms with Crippen LogP contribution in [-0.4, -0.2) is 24.3 Å². The van der Waals surface area contributed by atoms with Crippen molar-refractivity contribution in [2.75, 3.05) is 4.72 Å². The van der Waals surface area contributed by atoms with Crippen molar-refractivity contribution in [2.45, 2.75) is 18.2 Å². The van der Waals surface area contributed by atoms with E-state index >= 15 is 0 Å². The Hall–Kier alpha value is -2.70. The predicted octanol–water partition coefficient (Wildman–Crippen LogP) is 1.69. The van der Waals surface area contributed by atoms with Crippen LogP contribution in [0.15, 0.2) is 49.3 Å². The van der Waals surface area contributed by atoms with Crippen molar-refractivity contribution < 1.29 is 13.2 Å². The highest BCUT2D eigenvalue weighted by molar-refractivity contribution is 9.10. The maximum atomic E-state index is 12.6. The van der Waals surface area contributed by atoms with Crippen molar-refractivity contribution in [3.63, 3.8) is 0 Å². The molecule has 2 aromatic heterocycles. The van der Waals surface area contributed by atoms with Crippen LogP contribution in [-0.2, 0) is 21.2 Å². The monoisotopic (exact) mass is 498 g/mol. The number of aryl methyl sites for hydroxylation is 1. The molecule has 0 radical (unpaired) electrons. The van der Waals surface area contributed by atoms with Gasteiger partial charge in [-0.3, -0.25) is 19.3 Å². The van der Waals surface area contributed by atoms with Gasteiger partial charge in [-0.05, 0) is 46.6 Å². The molecule has 152 valence electrons. The number of hydrogen-bond acceptors (Lipinski definition) is 6. The van der Waals surface area contributed by atoms with Crippen LogP contribution in [0.1, 0.15) is 10.6 Å². The third kappa shape index (κ3) is 4.66. The van der Waals surface area contributed by atoms with E-state index in [1.165, 1.54) is 18.3 Å². The number of nitrogens with two attached hydrogens (primary N) is 1. The van der Waals surface area contributed by atoms with Gasteiger partial charge in [0.25, 0.3) is 15.6 Å². The first-order valence-electron chi connectivity index (χ1n) is 8.10. The molecule has 0 saturated heterocycles. The number of hydrogen-bond donors (Lipinski definition) is 4. The lowest BCUT2D eigenvalue weighted by molar-refractivity contribution is -0.117. The Kier molecular flexibility index (Phi) is 5.78. The number of aromatic nitrogens is 2. The van der Waals surface area contributed by atoms with Crippen LogP contribution in [0.2, 0.25) is 0 Å². The minimum absolute atomic E-state index is 0.0626. The summed E-state index contributed by atoms with van der Waals surface area (Å²) in [4.78, 5) is 39.5. The first-order valence-corrected chi connectivity index (χ1v) is 11.2. The summed E-state index contributed by atoms with van der Waals surface area (Å²) in [5, 5.41) is 0. The van der Waals surface area contributed by atoms with Gasteiger partial charge in [-0.1, -0.05) is 12.1 Å². The first-order chi connectivity index (χ1) is 13.6. The van der Waals surface area contributed by atoms with Crippen molar-refractivity contribution >= 4 is 48.9 Å². The molecule has 0 atom stereocenters. The lowest BCUT2D eigenvalue weighted by atomic mass is 10.2. The fraction of sp³-hybridized carbons (Fsp3) is 0.118. The molecule has 0 unspecified atom stereocenters. The Labute approximate surface area is 177 Å². The third-order valence-corrected chi connectivity index (χ3v) is 7.43. The highest BCUT2D eigenvalue weighted by Crippen LogP contribution is 2.37. The van der Waals surface area contributed by atoms with Crippen LogP contribution in [0.25, 0.3) is 10.4 Å². The fourth-order valence-corrected chi connectivity index (χ4v) is 5.94. The predicted molar refractivity (Wildman–Crippen MR) is 114 cm³/mol. The van der Waals surface area contributed by atoms with Gasteiger partial charge in [-0.2, -0.15) is 0 Å². The standard InChI is InChI=1S/C17H15BrN4O5S2/c1-8-15(16(24)21-17(25)20-8)29(26,27)22-10-4-2-9(3-5-10)14-12(18)6-11(28-14)7-13(19)23/h2-6,22H,7H2,1H3,(H2,19,23)(H2,20,21,24,25). The van der Waals surface area contributed by atoms with Gasteiger partial charge >= 0.3 is 5.69 Å². The summed E-state index contributed by atoms with van der Waals surface area (Å²) < 4.78 is 28.2. The van der Waals surface area contributed by atoms with E-state index < -0.39 is 32.1 Å². The number of benzene rings is 1. The maximum absolute atomic E-state index is 12.6. The zero-order valence-corrected chi connectivity index (χ0v) is 18.1. The lowest BCUT2D eigenvalue weighted by Crippen LogP contribution is -2.31. The fourth-order valence-electron chi connectivity index (χ4n) is 2.68. The minimum atomic E-state index is -4.21. The first kappa shape index (κ1) is 21.0. The zero-order valence-electron chi connectivity index (χ0n) is 14.9. The number of carbonyl (C=O) groups excluding carboxylic acids is 1. The maximum Gasteiger partial charge on any atom is 0.325 e. The second-order valence-corrected chi connectivity index (χ2v) is 9.69. The van der Waals surface area contributed by atoms with Gasteiger partial charge in [0.05, 0.1) is 6.42 Å². The number of amides is 1. The molecule has 0 aliphatic heterocycles. The van der Waals surface area contributed by atoms with Crippen LogP contribution >= 0.6 is 27.3 Å². The summed E-state index contributed by atoms with van der Waals surface area (Å²) in [6.45, 7) is 1.33. The highest BCUT2D eigenvalue weighted by Gasteiger charge is 2.22. The van der Waals surface area contributed by atoms with Crippen LogP contribution in [0.3, 0.4) is 0 Å². The van der Waals surface area contributed by atoms with Crippen LogP contribution in [0.4, 0.5) is 5.69 Å². The number of carbonyl (C=O) groups is 1. The average Bonchev–Trinajstić information content (AvgIpc) is 2.93. The van der Waals surface area contributed by atoms with Crippen LogP contribution in [0.5, 0.6) is 0 Å². The Morgan fingerprint density at radius 1 is 1.21 bits per heavy atom. The molecule has 1 aromatic carbocycles. The third-order valence-electron chi connectivity index (χ3n) is 3.83. The van der Waals surface area contributed by atoms with Gasteiger partial charge < -0.3 is 10.7 Å². The van der Waals surface area contributed by atoms with E-state index in [0.29, 0.717) is 0 Å². The van der Waals surface area contributed by atoms with E-state index in [1.807, 2.05) is 11.1 Å². The summed E-state index contributed by atoms with van der Waals surface area (Å²) in [7, 11) is -4.21. The molecule has 5 N–H and O–H groups in total. The summed E-state index contributed by atoms with van der Waals surface area (Å²) >= 11 is 4.84. The molecule has 0 aliphatic carbocycles. The Morgan fingerprint density at radius 3 is 2.45 bits per heavy atom. The summed E-state index contributed by atoms with van der Waals surface area (Å²) in [6.07, 6.45) is 0.133. The number of H-pyrrole nitrogens is 2. The largest absolute Gasteiger partial charge is 0.369 e. The van der Waals surface area contributed by atoms with Gasteiger partial charge in [0.2, 0.25) is 5.91 Å². The van der Waals surface area contributed by atoms with E-state index in [2.05, 4.69) is 25.6 Å². The molecule has 2 heterocycles. The number of thiophene rings is 1. The quantitative estimate of drug-likeness (QED) is 0.406. The van der Waals surface area contributed by atoms with Crippen LogP contribution < -0.4 is 21.7 Å². The molecular formula is C17H15BrN4O5S2. The Bertz CT molecular complexity index is 1310. The molecule has 9 nitrogen and oxygen atoms in total. The smallest absolute Gasteiger partial charge is 0.325 e. The summed E-state index contributed by atoms with van der Waals surface area (Å²) in [5.41, 5.74) is 4.42. The SMILES string of the molecule is Cc1[nH]c(=O)[nH]c(=O)c1S(=O)(=O)Nc1ccc(-c2sc(CC(N)=O)cc2Br)cc1. The van der Waals surface area contributed by atoms with E-state index in [0.717, 1.165) is 19.8 Å². The Balaban J connectivity index is 1.88. The molecule has 29 heavy (non-hydrogen) atoms. The van der Waals surface area contributed by atoms with Gasteiger partial charge in [-0.25, -0.2) is 13.2 Å². The molecule has 12 heteroatoms. The molecule has 3 rings (SSSR count). The van der Waals surface area contributed by atoms with Crippen LogP contribution in [0, 0.1) is 6.92 Å². The minimum Gasteiger partial charge on any atom is -0.369 e. The normalized spacial score (nSPS) is 11.4. The molecule has 0 saturated carbocycles. The van der Waals surface area contributed by atoms with Crippen molar-refractivity contribution in [2.24, 2.45) is 5.73 Å². The van der Waals surface area contributed by atoms with Crippen molar-refractivity contribution in [1.82, 2.24) is 9.97 Å². The second-order valence-electron chi connectivity index (χ2n) is 6.08. The highest BCUT2D eigenvalue weighted by atomic mass is 79.9. The van der Waals surface area contributed by atoms with E-state index in [9.17, 15) is 22.8 Å². The average molecular weight is 499 g/mol. The zero-order chi connectivity index (χ0) is 21.3.